The van der Waals surface area contributed by atoms with Gasteiger partial charge in [0.25, 0.3) is 5.91 Å². The number of carbonyl (C=O) groups is 1. The lowest BCUT2D eigenvalue weighted by atomic mass is 10.1. The molecule has 0 heterocycles. The first-order valence-corrected chi connectivity index (χ1v) is 10.3. The predicted molar refractivity (Wildman–Crippen MR) is 107 cm³/mol. The second-order valence-electron chi connectivity index (χ2n) is 5.98. The molecule has 1 atom stereocenters. The summed E-state index contributed by atoms with van der Waals surface area (Å²) in [4.78, 5) is 12.6. The number of carbonyl (C=O) groups excluding carboxylic acids is 1. The number of nitrogens with one attached hydrogen (secondary N) is 1. The molecule has 6 heteroatoms. The van der Waals surface area contributed by atoms with E-state index >= 15 is 0 Å². The summed E-state index contributed by atoms with van der Waals surface area (Å²) in [6.45, 7) is -0.0490. The first-order chi connectivity index (χ1) is 13.0. The van der Waals surface area contributed by atoms with E-state index in [1.807, 2.05) is 6.07 Å². The van der Waals surface area contributed by atoms with E-state index in [0.717, 1.165) is 0 Å². The average Bonchev–Trinajstić information content (AvgIpc) is 2.69. The van der Waals surface area contributed by atoms with Crippen molar-refractivity contribution in [3.05, 3.63) is 101 Å². The molecule has 0 aliphatic heterocycles. The van der Waals surface area contributed by atoms with Crippen LogP contribution in [0.1, 0.15) is 21.2 Å². The molecule has 1 N–H and O–H groups in total. The van der Waals surface area contributed by atoms with Gasteiger partial charge >= 0.3 is 0 Å². The fourth-order valence-electron chi connectivity index (χ4n) is 2.77. The van der Waals surface area contributed by atoms with Gasteiger partial charge in [0.1, 0.15) is 5.25 Å². The van der Waals surface area contributed by atoms with Crippen LogP contribution in [0.15, 0.2) is 89.8 Å². The molecular formula is C21H18ClNO3S. The van der Waals surface area contributed by atoms with Gasteiger partial charge in [-0.2, -0.15) is 0 Å². The van der Waals surface area contributed by atoms with E-state index < -0.39 is 15.1 Å². The predicted octanol–water partition coefficient (Wildman–Crippen LogP) is 4.29. The number of rotatable bonds is 6. The SMILES string of the molecule is O=C(NC[C@H](c1ccccc1)S(=O)(=O)c1ccccc1)c1cccc(Cl)c1. The highest BCUT2D eigenvalue weighted by atomic mass is 35.5. The van der Waals surface area contributed by atoms with E-state index in [-0.39, 0.29) is 17.3 Å². The molecule has 138 valence electrons. The normalized spacial score (nSPS) is 12.3. The number of amides is 1. The van der Waals surface area contributed by atoms with E-state index in [2.05, 4.69) is 5.32 Å². The highest BCUT2D eigenvalue weighted by molar-refractivity contribution is 7.91. The summed E-state index contributed by atoms with van der Waals surface area (Å²) in [7, 11) is -3.68. The Labute approximate surface area is 163 Å². The zero-order chi connectivity index (χ0) is 19.3. The number of benzene rings is 3. The van der Waals surface area contributed by atoms with Gasteiger partial charge in [-0.05, 0) is 35.9 Å². The van der Waals surface area contributed by atoms with Crippen molar-refractivity contribution < 1.29 is 13.2 Å². The minimum atomic E-state index is -3.68. The van der Waals surface area contributed by atoms with Gasteiger partial charge in [-0.1, -0.05) is 66.2 Å². The van der Waals surface area contributed by atoms with Gasteiger partial charge in [0, 0.05) is 17.1 Å². The minimum Gasteiger partial charge on any atom is -0.350 e. The van der Waals surface area contributed by atoms with Crippen LogP contribution in [0.5, 0.6) is 0 Å². The number of hydrogen-bond acceptors (Lipinski definition) is 3. The molecule has 0 saturated carbocycles. The van der Waals surface area contributed by atoms with Gasteiger partial charge in [0.15, 0.2) is 9.84 Å². The smallest absolute Gasteiger partial charge is 0.251 e. The molecular weight excluding hydrogens is 382 g/mol. The van der Waals surface area contributed by atoms with Gasteiger partial charge in [-0.15, -0.1) is 0 Å². The van der Waals surface area contributed by atoms with Crippen LogP contribution < -0.4 is 5.32 Å². The lowest BCUT2D eigenvalue weighted by Gasteiger charge is -2.19. The molecule has 0 aliphatic rings. The van der Waals surface area contributed by atoms with Crippen LogP contribution in [0.2, 0.25) is 5.02 Å². The van der Waals surface area contributed by atoms with Crippen LogP contribution >= 0.6 is 11.6 Å². The fourth-order valence-corrected chi connectivity index (χ4v) is 4.64. The van der Waals surface area contributed by atoms with Gasteiger partial charge in [-0.3, -0.25) is 4.79 Å². The van der Waals surface area contributed by atoms with E-state index in [1.165, 1.54) is 0 Å². The largest absolute Gasteiger partial charge is 0.350 e. The summed E-state index contributed by atoms with van der Waals surface area (Å²) >= 11 is 5.92. The van der Waals surface area contributed by atoms with Crippen LogP contribution in [0.25, 0.3) is 0 Å². The Bertz CT molecular complexity index is 1020. The van der Waals surface area contributed by atoms with Crippen LogP contribution in [-0.2, 0) is 9.84 Å². The topological polar surface area (TPSA) is 63.2 Å². The Balaban J connectivity index is 1.89. The van der Waals surface area contributed by atoms with Gasteiger partial charge < -0.3 is 5.32 Å². The summed E-state index contributed by atoms with van der Waals surface area (Å²) in [5.74, 6) is -0.373. The zero-order valence-electron chi connectivity index (χ0n) is 14.4. The lowest BCUT2D eigenvalue weighted by molar-refractivity contribution is 0.0953. The van der Waals surface area contributed by atoms with Crippen LogP contribution in [0.3, 0.4) is 0 Å². The minimum absolute atomic E-state index is 0.0490. The third-order valence-corrected chi connectivity index (χ3v) is 6.50. The van der Waals surface area contributed by atoms with Crippen molar-refractivity contribution in [3.63, 3.8) is 0 Å². The standard InChI is InChI=1S/C21H18ClNO3S/c22-18-11-7-10-17(14-18)21(24)23-15-20(16-8-3-1-4-9-16)27(25,26)19-12-5-2-6-13-19/h1-14,20H,15H2,(H,23,24)/t20-/m1/s1. The second kappa shape index (κ2) is 8.37. The second-order valence-corrected chi connectivity index (χ2v) is 8.54. The summed E-state index contributed by atoms with van der Waals surface area (Å²) < 4.78 is 26.3. The molecule has 0 spiro atoms. The van der Waals surface area contributed by atoms with Crippen molar-refractivity contribution in [1.82, 2.24) is 5.32 Å². The van der Waals surface area contributed by atoms with E-state index in [1.54, 1.807) is 78.9 Å². The number of hydrogen-bond donors (Lipinski definition) is 1. The first-order valence-electron chi connectivity index (χ1n) is 8.36. The molecule has 3 aromatic carbocycles. The summed E-state index contributed by atoms with van der Waals surface area (Å²) in [6, 6.07) is 23.6. The quantitative estimate of drug-likeness (QED) is 0.672. The Hall–Kier alpha value is -2.63. The van der Waals surface area contributed by atoms with Crippen molar-refractivity contribution in [2.45, 2.75) is 10.1 Å². The van der Waals surface area contributed by atoms with Crippen molar-refractivity contribution in [2.24, 2.45) is 0 Å². The van der Waals surface area contributed by atoms with Crippen molar-refractivity contribution >= 4 is 27.3 Å². The van der Waals surface area contributed by atoms with Crippen molar-refractivity contribution in [3.8, 4) is 0 Å². The van der Waals surface area contributed by atoms with Crippen molar-refractivity contribution in [2.75, 3.05) is 6.54 Å². The maximum atomic E-state index is 13.2. The zero-order valence-corrected chi connectivity index (χ0v) is 16.0. The molecule has 0 aliphatic carbocycles. The molecule has 0 unspecified atom stereocenters. The van der Waals surface area contributed by atoms with Gasteiger partial charge in [0.05, 0.1) is 4.90 Å². The Kier molecular flexibility index (Phi) is 5.94. The fraction of sp³-hybridized carbons (Fsp3) is 0.0952. The molecule has 3 rings (SSSR count). The average molecular weight is 400 g/mol. The summed E-state index contributed by atoms with van der Waals surface area (Å²) in [5.41, 5.74) is 0.999. The van der Waals surface area contributed by atoms with Crippen LogP contribution in [0.4, 0.5) is 0 Å². The summed E-state index contributed by atoms with van der Waals surface area (Å²) in [5, 5.41) is 2.27. The third-order valence-electron chi connectivity index (χ3n) is 4.15. The van der Waals surface area contributed by atoms with Crippen LogP contribution in [0, 0.1) is 0 Å². The Morgan fingerprint density at radius 3 is 2.15 bits per heavy atom. The van der Waals surface area contributed by atoms with E-state index in [0.29, 0.717) is 16.1 Å². The Morgan fingerprint density at radius 1 is 0.889 bits per heavy atom. The van der Waals surface area contributed by atoms with E-state index in [4.69, 9.17) is 11.6 Å². The third kappa shape index (κ3) is 4.56. The molecule has 0 radical (unpaired) electrons. The molecule has 3 aromatic rings. The molecule has 0 aromatic heterocycles. The highest BCUT2D eigenvalue weighted by Gasteiger charge is 2.29. The molecule has 27 heavy (non-hydrogen) atoms. The Morgan fingerprint density at radius 2 is 1.52 bits per heavy atom. The van der Waals surface area contributed by atoms with Crippen molar-refractivity contribution in [1.29, 1.82) is 0 Å². The van der Waals surface area contributed by atoms with Gasteiger partial charge in [-0.25, -0.2) is 8.42 Å². The van der Waals surface area contributed by atoms with Gasteiger partial charge in [0.2, 0.25) is 0 Å². The van der Waals surface area contributed by atoms with Crippen LogP contribution in [-0.4, -0.2) is 20.9 Å². The first kappa shape index (κ1) is 19.1. The highest BCUT2D eigenvalue weighted by Crippen LogP contribution is 2.28. The molecule has 1 amide bonds. The lowest BCUT2D eigenvalue weighted by Crippen LogP contribution is -2.32. The molecule has 0 bridgehead atoms. The number of sulfone groups is 1. The van der Waals surface area contributed by atoms with E-state index in [9.17, 15) is 13.2 Å². The maximum Gasteiger partial charge on any atom is 0.251 e. The molecule has 0 fully saturated rings. The maximum absolute atomic E-state index is 13.2. The summed E-state index contributed by atoms with van der Waals surface area (Å²) in [6.07, 6.45) is 0. The molecule has 4 nitrogen and oxygen atoms in total. The monoisotopic (exact) mass is 399 g/mol. The number of halogens is 1. The molecule has 0 saturated heterocycles.